The van der Waals surface area contributed by atoms with Crippen LogP contribution in [0.3, 0.4) is 0 Å². The highest BCUT2D eigenvalue weighted by Gasteiger charge is 2.52. The van der Waals surface area contributed by atoms with Gasteiger partial charge in [-0.2, -0.15) is 5.26 Å². The molecule has 0 bridgehead atoms. The first-order valence-corrected chi connectivity index (χ1v) is 14.4. The second-order valence-corrected chi connectivity index (χ2v) is 11.5. The van der Waals surface area contributed by atoms with Gasteiger partial charge in [0.2, 0.25) is 11.9 Å². The minimum Gasteiger partial charge on any atom is -0.494 e. The molecule has 0 radical (unpaired) electrons. The third kappa shape index (κ3) is 4.87. The highest BCUT2D eigenvalue weighted by Crippen LogP contribution is 2.51. The number of likely N-dealkylation sites (N-methyl/N-ethyl adjacent to an activating group) is 1. The minimum atomic E-state index is -0.369. The number of carbonyl (C=O) groups is 1. The number of hydrogen-bond donors (Lipinski definition) is 2. The summed E-state index contributed by atoms with van der Waals surface area (Å²) in [5, 5.41) is 16.2. The van der Waals surface area contributed by atoms with E-state index in [1.54, 1.807) is 7.11 Å². The van der Waals surface area contributed by atoms with E-state index in [2.05, 4.69) is 76.3 Å². The van der Waals surface area contributed by atoms with Crippen LogP contribution in [0, 0.1) is 17.2 Å². The topological polar surface area (TPSA) is 119 Å². The lowest BCUT2D eigenvalue weighted by molar-refractivity contribution is -0.111. The van der Waals surface area contributed by atoms with E-state index in [0.717, 1.165) is 43.1 Å². The van der Waals surface area contributed by atoms with E-state index in [9.17, 15) is 10.1 Å². The first kappa shape index (κ1) is 28.3. The van der Waals surface area contributed by atoms with Gasteiger partial charge in [-0.05, 0) is 45.7 Å². The number of aromatic nitrogens is 2. The molecule has 4 heterocycles. The van der Waals surface area contributed by atoms with Crippen molar-refractivity contribution in [1.29, 1.82) is 5.26 Å². The number of anilines is 4. The van der Waals surface area contributed by atoms with E-state index in [1.807, 2.05) is 24.3 Å². The van der Waals surface area contributed by atoms with Crippen LogP contribution in [0.25, 0.3) is 5.57 Å². The summed E-state index contributed by atoms with van der Waals surface area (Å²) in [5.74, 6) is 1.44. The van der Waals surface area contributed by atoms with Crippen molar-refractivity contribution in [2.75, 3.05) is 63.0 Å². The van der Waals surface area contributed by atoms with E-state index in [-0.39, 0.29) is 17.4 Å². The molecular formula is C32H36N8O3. The summed E-state index contributed by atoms with van der Waals surface area (Å²) in [6.07, 6.45) is 12.0. The molecule has 3 atom stereocenters. The number of carbonyl (C=O) groups excluding carboxylic acids is 1. The summed E-state index contributed by atoms with van der Waals surface area (Å²) in [6.45, 7) is 8.79. The average Bonchev–Trinajstić information content (AvgIpc) is 3.61. The van der Waals surface area contributed by atoms with E-state index in [4.69, 9.17) is 14.5 Å². The lowest BCUT2D eigenvalue weighted by atomic mass is 9.76. The standard InChI is InChI=1S/C32H36N8O3/c1-6-29(41)35-24-14-25(27(42-5)15-26(24)39-11-10-21(18-39)38(3)4)36-31-34-17-20(16-33)30(37-31)22-19-40-12-13-43-28-9-7-8-23(22)32(28,40)2/h6-9,14-15,17,19,21,23H,1,10-13,18H2,2-5H3,(H,35,41)(H,34,36,37). The molecule has 43 heavy (non-hydrogen) atoms. The zero-order chi connectivity index (χ0) is 30.3. The van der Waals surface area contributed by atoms with Crippen LogP contribution < -0.4 is 20.3 Å². The van der Waals surface area contributed by atoms with Gasteiger partial charge in [-0.3, -0.25) is 4.79 Å². The Morgan fingerprint density at radius 1 is 1.33 bits per heavy atom. The fourth-order valence-electron chi connectivity index (χ4n) is 6.45. The Morgan fingerprint density at radius 3 is 2.88 bits per heavy atom. The SMILES string of the molecule is C=CC(=O)Nc1cc(Nc2ncc(C#N)c(C3=CN4CCOC5=CC=CC3C54C)n2)c(OC)cc1N1CCC(N(C)C)C1. The van der Waals surface area contributed by atoms with E-state index < -0.39 is 0 Å². The van der Waals surface area contributed by atoms with Crippen molar-refractivity contribution >= 4 is 34.5 Å². The molecule has 2 fully saturated rings. The predicted octanol–water partition coefficient (Wildman–Crippen LogP) is 3.88. The first-order chi connectivity index (χ1) is 20.8. The van der Waals surface area contributed by atoms with Crippen LogP contribution in [-0.2, 0) is 9.53 Å². The third-order valence-corrected chi connectivity index (χ3v) is 8.90. The summed E-state index contributed by atoms with van der Waals surface area (Å²) in [7, 11) is 5.76. The van der Waals surface area contributed by atoms with Crippen molar-refractivity contribution in [3.8, 4) is 11.8 Å². The number of allylic oxidation sites excluding steroid dienone is 2. The molecule has 1 aromatic carbocycles. The minimum absolute atomic E-state index is 0.0383. The molecule has 2 N–H and O–H groups in total. The van der Waals surface area contributed by atoms with E-state index in [1.165, 1.54) is 12.3 Å². The van der Waals surface area contributed by atoms with Gasteiger partial charge in [-0.1, -0.05) is 18.7 Å². The van der Waals surface area contributed by atoms with Crippen LogP contribution in [-0.4, -0.2) is 84.7 Å². The number of benzene rings is 1. The summed E-state index contributed by atoms with van der Waals surface area (Å²) in [4.78, 5) is 28.5. The molecule has 3 aliphatic heterocycles. The molecule has 2 aromatic rings. The molecule has 0 saturated carbocycles. The Bertz CT molecular complexity index is 1610. The quantitative estimate of drug-likeness (QED) is 0.445. The zero-order valence-electron chi connectivity index (χ0n) is 24.9. The molecular weight excluding hydrogens is 544 g/mol. The fraction of sp³-hybridized carbons (Fsp3) is 0.375. The molecule has 3 unspecified atom stereocenters. The Morgan fingerprint density at radius 2 is 2.16 bits per heavy atom. The Labute approximate surface area is 251 Å². The number of nitrogens with one attached hydrogen (secondary N) is 2. The van der Waals surface area contributed by atoms with Crippen molar-refractivity contribution in [3.05, 3.63) is 72.4 Å². The lowest BCUT2D eigenvalue weighted by Gasteiger charge is -2.46. The lowest BCUT2D eigenvalue weighted by Crippen LogP contribution is -2.52. The largest absolute Gasteiger partial charge is 0.494 e. The molecule has 4 aliphatic rings. The van der Waals surface area contributed by atoms with Gasteiger partial charge in [0.05, 0.1) is 48.2 Å². The van der Waals surface area contributed by atoms with Crippen molar-refractivity contribution in [1.82, 2.24) is 19.8 Å². The second kappa shape index (κ2) is 11.1. The number of methoxy groups -OCH3 is 1. The van der Waals surface area contributed by atoms with Gasteiger partial charge >= 0.3 is 0 Å². The molecule has 1 aliphatic carbocycles. The maximum atomic E-state index is 12.4. The normalized spacial score (nSPS) is 23.6. The number of nitriles is 1. The highest BCUT2D eigenvalue weighted by molar-refractivity contribution is 6.02. The number of amides is 1. The molecule has 1 aromatic heterocycles. The van der Waals surface area contributed by atoms with Crippen molar-refractivity contribution in [2.24, 2.45) is 5.92 Å². The van der Waals surface area contributed by atoms with Gasteiger partial charge in [0.25, 0.3) is 0 Å². The van der Waals surface area contributed by atoms with Crippen LogP contribution in [0.1, 0.15) is 24.6 Å². The average molecular weight is 581 g/mol. The number of ether oxygens (including phenoxy) is 2. The smallest absolute Gasteiger partial charge is 0.247 e. The molecule has 0 spiro atoms. The first-order valence-electron chi connectivity index (χ1n) is 14.4. The number of morpholine rings is 1. The Kier molecular flexibility index (Phi) is 7.31. The molecule has 6 rings (SSSR count). The van der Waals surface area contributed by atoms with Gasteiger partial charge in [0, 0.05) is 42.9 Å². The third-order valence-electron chi connectivity index (χ3n) is 8.90. The van der Waals surface area contributed by atoms with Gasteiger partial charge in [0.15, 0.2) is 0 Å². The zero-order valence-corrected chi connectivity index (χ0v) is 24.9. The Balaban J connectivity index is 1.36. The van der Waals surface area contributed by atoms with Crippen LogP contribution in [0.5, 0.6) is 5.75 Å². The molecule has 2 saturated heterocycles. The van der Waals surface area contributed by atoms with Gasteiger partial charge in [-0.25, -0.2) is 9.97 Å². The number of hydrogen-bond acceptors (Lipinski definition) is 10. The molecule has 222 valence electrons. The second-order valence-electron chi connectivity index (χ2n) is 11.5. The molecule has 1 amide bonds. The van der Waals surface area contributed by atoms with Crippen LogP contribution in [0.4, 0.5) is 23.0 Å². The summed E-state index contributed by atoms with van der Waals surface area (Å²) >= 11 is 0. The van der Waals surface area contributed by atoms with E-state index in [0.29, 0.717) is 47.0 Å². The fourth-order valence-corrected chi connectivity index (χ4v) is 6.45. The monoisotopic (exact) mass is 580 g/mol. The molecule has 11 heteroatoms. The van der Waals surface area contributed by atoms with Gasteiger partial charge in [0.1, 0.15) is 29.7 Å². The predicted molar refractivity (Wildman–Crippen MR) is 166 cm³/mol. The highest BCUT2D eigenvalue weighted by atomic mass is 16.5. The number of nitrogens with zero attached hydrogens (tertiary/aromatic N) is 6. The Hall–Kier alpha value is -4.82. The maximum Gasteiger partial charge on any atom is 0.247 e. The number of rotatable bonds is 8. The molecule has 11 nitrogen and oxygen atoms in total. The van der Waals surface area contributed by atoms with Crippen LogP contribution in [0.15, 0.2) is 61.2 Å². The van der Waals surface area contributed by atoms with Gasteiger partial charge < -0.3 is 34.8 Å². The van der Waals surface area contributed by atoms with Crippen LogP contribution >= 0.6 is 0 Å². The van der Waals surface area contributed by atoms with Crippen molar-refractivity contribution in [2.45, 2.75) is 24.9 Å². The van der Waals surface area contributed by atoms with Crippen molar-refractivity contribution < 1.29 is 14.3 Å². The van der Waals surface area contributed by atoms with Crippen LogP contribution in [0.2, 0.25) is 0 Å². The summed E-state index contributed by atoms with van der Waals surface area (Å²) < 4.78 is 11.8. The van der Waals surface area contributed by atoms with Crippen molar-refractivity contribution in [3.63, 3.8) is 0 Å². The summed E-state index contributed by atoms with van der Waals surface area (Å²) in [6, 6.07) is 6.42. The summed E-state index contributed by atoms with van der Waals surface area (Å²) in [5.41, 5.74) is 3.57. The van der Waals surface area contributed by atoms with Gasteiger partial charge in [-0.15, -0.1) is 0 Å². The maximum absolute atomic E-state index is 12.4. The van der Waals surface area contributed by atoms with E-state index >= 15 is 0 Å².